The lowest BCUT2D eigenvalue weighted by atomic mass is 10.1. The van der Waals surface area contributed by atoms with Crippen molar-refractivity contribution < 1.29 is 0 Å². The number of hydrogen-bond acceptors (Lipinski definition) is 3. The highest BCUT2D eigenvalue weighted by molar-refractivity contribution is 9.10. The fraction of sp³-hybridized carbons (Fsp3) is 0.333. The molecule has 4 nitrogen and oxygen atoms in total. The molecule has 0 spiro atoms. The van der Waals surface area contributed by atoms with Gasteiger partial charge in [-0.3, -0.25) is 0 Å². The second-order valence-electron chi connectivity index (χ2n) is 4.14. The van der Waals surface area contributed by atoms with E-state index in [1.54, 1.807) is 0 Å². The van der Waals surface area contributed by atoms with Gasteiger partial charge in [0.1, 0.15) is 5.69 Å². The van der Waals surface area contributed by atoms with Crippen LogP contribution in [-0.4, -0.2) is 15.0 Å². The minimum absolute atomic E-state index is 0.261. The van der Waals surface area contributed by atoms with Crippen molar-refractivity contribution in [1.82, 2.24) is 15.0 Å². The smallest absolute Gasteiger partial charge is 0.104 e. The number of rotatable bonds is 3. The minimum Gasteiger partial charge on any atom is -0.325 e. The molecule has 0 amide bonds. The van der Waals surface area contributed by atoms with Gasteiger partial charge in [0, 0.05) is 22.6 Å². The lowest BCUT2D eigenvalue weighted by Crippen LogP contribution is -2.06. The van der Waals surface area contributed by atoms with Crippen molar-refractivity contribution in [3.05, 3.63) is 34.4 Å². The van der Waals surface area contributed by atoms with E-state index in [4.69, 9.17) is 5.73 Å². The van der Waals surface area contributed by atoms with Gasteiger partial charge in [-0.25, -0.2) is 4.68 Å². The number of halogens is 1. The summed E-state index contributed by atoms with van der Waals surface area (Å²) >= 11 is 3.47. The summed E-state index contributed by atoms with van der Waals surface area (Å²) in [6.45, 7) is 4.56. The quantitative estimate of drug-likeness (QED) is 0.947. The van der Waals surface area contributed by atoms with Crippen molar-refractivity contribution >= 4 is 15.9 Å². The first-order valence-corrected chi connectivity index (χ1v) is 6.33. The van der Waals surface area contributed by atoms with Crippen molar-refractivity contribution in [3.63, 3.8) is 0 Å². The average Bonchev–Trinajstić information content (AvgIpc) is 2.72. The van der Waals surface area contributed by atoms with Crippen molar-refractivity contribution in [2.24, 2.45) is 5.73 Å². The number of nitrogens with two attached hydrogens (primary N) is 1. The Morgan fingerprint density at radius 3 is 2.76 bits per heavy atom. The summed E-state index contributed by atoms with van der Waals surface area (Å²) < 4.78 is 2.94. The first-order valence-electron chi connectivity index (χ1n) is 5.53. The highest BCUT2D eigenvalue weighted by atomic mass is 79.9. The normalized spacial score (nSPS) is 11.1. The van der Waals surface area contributed by atoms with E-state index in [2.05, 4.69) is 46.2 Å². The van der Waals surface area contributed by atoms with Crippen molar-refractivity contribution in [2.45, 2.75) is 26.4 Å². The SMILES string of the molecule is CC(C)n1nnc(CN)c1-c1cccc(Br)c1. The monoisotopic (exact) mass is 294 g/mol. The molecule has 1 aromatic carbocycles. The van der Waals surface area contributed by atoms with Crippen molar-refractivity contribution in [3.8, 4) is 11.3 Å². The van der Waals surface area contributed by atoms with Gasteiger partial charge < -0.3 is 5.73 Å². The highest BCUT2D eigenvalue weighted by Gasteiger charge is 2.15. The zero-order chi connectivity index (χ0) is 12.4. The van der Waals surface area contributed by atoms with E-state index in [1.807, 2.05) is 22.9 Å². The molecule has 0 saturated heterocycles. The largest absolute Gasteiger partial charge is 0.325 e. The van der Waals surface area contributed by atoms with Crippen LogP contribution in [0, 0.1) is 0 Å². The second-order valence-corrected chi connectivity index (χ2v) is 5.05. The van der Waals surface area contributed by atoms with Crippen LogP contribution in [0.4, 0.5) is 0 Å². The highest BCUT2D eigenvalue weighted by Crippen LogP contribution is 2.27. The zero-order valence-electron chi connectivity index (χ0n) is 9.89. The number of aromatic nitrogens is 3. The predicted molar refractivity (Wildman–Crippen MR) is 71.4 cm³/mol. The van der Waals surface area contributed by atoms with Crippen LogP contribution < -0.4 is 5.73 Å². The molecule has 0 radical (unpaired) electrons. The van der Waals surface area contributed by atoms with Crippen LogP contribution in [0.1, 0.15) is 25.6 Å². The third-order valence-electron chi connectivity index (χ3n) is 2.54. The van der Waals surface area contributed by atoms with Crippen LogP contribution in [0.3, 0.4) is 0 Å². The molecule has 0 unspecified atom stereocenters. The molecule has 1 heterocycles. The van der Waals surface area contributed by atoms with E-state index in [0.29, 0.717) is 6.54 Å². The van der Waals surface area contributed by atoms with E-state index in [1.165, 1.54) is 0 Å². The zero-order valence-corrected chi connectivity index (χ0v) is 11.5. The molecule has 0 atom stereocenters. The lowest BCUT2D eigenvalue weighted by Gasteiger charge is -2.11. The number of nitrogens with zero attached hydrogens (tertiary/aromatic N) is 3. The summed E-state index contributed by atoms with van der Waals surface area (Å²) in [5.41, 5.74) is 8.63. The summed E-state index contributed by atoms with van der Waals surface area (Å²) in [7, 11) is 0. The summed E-state index contributed by atoms with van der Waals surface area (Å²) in [5.74, 6) is 0. The van der Waals surface area contributed by atoms with Gasteiger partial charge in [0.2, 0.25) is 0 Å². The Bertz CT molecular complexity index is 519. The maximum Gasteiger partial charge on any atom is 0.104 e. The first kappa shape index (κ1) is 12.3. The van der Waals surface area contributed by atoms with E-state index in [9.17, 15) is 0 Å². The van der Waals surface area contributed by atoms with Gasteiger partial charge in [-0.2, -0.15) is 0 Å². The molecule has 1 aromatic heterocycles. The molecule has 0 fully saturated rings. The van der Waals surface area contributed by atoms with Crippen LogP contribution >= 0.6 is 15.9 Å². The van der Waals surface area contributed by atoms with Crippen LogP contribution in [0.5, 0.6) is 0 Å². The Morgan fingerprint density at radius 2 is 2.18 bits per heavy atom. The van der Waals surface area contributed by atoms with E-state index < -0.39 is 0 Å². The predicted octanol–water partition coefficient (Wildman–Crippen LogP) is 2.75. The first-order chi connectivity index (χ1) is 8.13. The van der Waals surface area contributed by atoms with Gasteiger partial charge >= 0.3 is 0 Å². The third kappa shape index (κ3) is 2.40. The van der Waals surface area contributed by atoms with Crippen molar-refractivity contribution in [2.75, 3.05) is 0 Å². The standard InChI is InChI=1S/C12H15BrN4/c1-8(2)17-12(11(7-14)15-16-17)9-4-3-5-10(13)6-9/h3-6,8H,7,14H2,1-2H3. The Morgan fingerprint density at radius 1 is 1.41 bits per heavy atom. The van der Waals surface area contributed by atoms with Gasteiger partial charge in [0.25, 0.3) is 0 Å². The Hall–Kier alpha value is -1.20. The summed E-state index contributed by atoms with van der Waals surface area (Å²) in [4.78, 5) is 0. The molecule has 0 saturated carbocycles. The lowest BCUT2D eigenvalue weighted by molar-refractivity contribution is 0.519. The summed E-state index contributed by atoms with van der Waals surface area (Å²) in [6, 6.07) is 8.35. The molecule has 0 aliphatic rings. The fourth-order valence-electron chi connectivity index (χ4n) is 1.76. The third-order valence-corrected chi connectivity index (χ3v) is 3.04. The van der Waals surface area contributed by atoms with E-state index in [-0.39, 0.29) is 6.04 Å². The molecule has 2 rings (SSSR count). The topological polar surface area (TPSA) is 56.7 Å². The molecule has 2 N–H and O–H groups in total. The summed E-state index contributed by atoms with van der Waals surface area (Å²) in [5, 5.41) is 8.30. The maximum atomic E-state index is 5.71. The molecule has 2 aromatic rings. The average molecular weight is 295 g/mol. The van der Waals surface area contributed by atoms with Gasteiger partial charge in [0.15, 0.2) is 0 Å². The summed E-state index contributed by atoms with van der Waals surface area (Å²) in [6.07, 6.45) is 0. The number of benzene rings is 1. The Kier molecular flexibility index (Phi) is 3.59. The van der Waals surface area contributed by atoms with Crippen LogP contribution in [-0.2, 0) is 6.54 Å². The van der Waals surface area contributed by atoms with Crippen LogP contribution in [0.15, 0.2) is 28.7 Å². The molecule has 5 heteroatoms. The Balaban J connectivity index is 2.60. The molecule has 0 aliphatic heterocycles. The molecule has 0 bridgehead atoms. The maximum absolute atomic E-state index is 5.71. The van der Waals surface area contributed by atoms with Crippen LogP contribution in [0.2, 0.25) is 0 Å². The Labute approximate surface area is 109 Å². The molecular formula is C12H15BrN4. The molecule has 0 aliphatic carbocycles. The van der Waals surface area contributed by atoms with Crippen LogP contribution in [0.25, 0.3) is 11.3 Å². The van der Waals surface area contributed by atoms with Gasteiger partial charge in [-0.15, -0.1) is 5.10 Å². The van der Waals surface area contributed by atoms with Gasteiger partial charge in [0.05, 0.1) is 5.69 Å². The number of hydrogen-bond donors (Lipinski definition) is 1. The van der Waals surface area contributed by atoms with E-state index >= 15 is 0 Å². The molecule has 90 valence electrons. The van der Waals surface area contributed by atoms with Gasteiger partial charge in [-0.1, -0.05) is 33.3 Å². The van der Waals surface area contributed by atoms with Crippen molar-refractivity contribution in [1.29, 1.82) is 0 Å². The molecular weight excluding hydrogens is 280 g/mol. The minimum atomic E-state index is 0.261. The van der Waals surface area contributed by atoms with Gasteiger partial charge in [-0.05, 0) is 26.0 Å². The molecule has 17 heavy (non-hydrogen) atoms. The second kappa shape index (κ2) is 4.98. The van der Waals surface area contributed by atoms with E-state index in [0.717, 1.165) is 21.4 Å². The fourth-order valence-corrected chi connectivity index (χ4v) is 2.16.